The zero-order chi connectivity index (χ0) is 14.1. The third-order valence-corrected chi connectivity index (χ3v) is 2.80. The molecule has 0 aliphatic heterocycles. The van der Waals surface area contributed by atoms with Crippen LogP contribution in [0.25, 0.3) is 0 Å². The summed E-state index contributed by atoms with van der Waals surface area (Å²) in [5, 5.41) is 6.25. The first-order valence-electron chi connectivity index (χ1n) is 6.91. The monoisotopic (exact) mass is 263 g/mol. The van der Waals surface area contributed by atoms with Crippen LogP contribution in [0.15, 0.2) is 24.3 Å². The third-order valence-electron chi connectivity index (χ3n) is 2.80. The summed E-state index contributed by atoms with van der Waals surface area (Å²) >= 11 is 0. The topological polar surface area (TPSA) is 44.4 Å². The maximum absolute atomic E-state index is 12.1. The molecule has 4 heteroatoms. The van der Waals surface area contributed by atoms with Gasteiger partial charge in [-0.3, -0.25) is 4.79 Å². The molecule has 0 aliphatic carbocycles. The lowest BCUT2D eigenvalue weighted by molar-refractivity contribution is 0.0953. The van der Waals surface area contributed by atoms with E-state index in [0.29, 0.717) is 6.54 Å². The smallest absolute Gasteiger partial charge is 0.253 e. The second-order valence-electron chi connectivity index (χ2n) is 4.89. The van der Waals surface area contributed by atoms with Gasteiger partial charge >= 0.3 is 0 Å². The standard InChI is InChI=1S/C15H25N3O/c1-4-10-16-14-9-6-5-8-13(14)15(19)17-11-7-12-18(2)3/h5-6,8-9,16H,4,7,10-12H2,1-3H3,(H,17,19). The van der Waals surface area contributed by atoms with E-state index in [0.717, 1.165) is 37.2 Å². The van der Waals surface area contributed by atoms with Crippen molar-refractivity contribution >= 4 is 11.6 Å². The number of para-hydroxylation sites is 1. The molecular weight excluding hydrogens is 238 g/mol. The van der Waals surface area contributed by atoms with Gasteiger partial charge < -0.3 is 15.5 Å². The first-order valence-corrected chi connectivity index (χ1v) is 6.91. The number of hydrogen-bond donors (Lipinski definition) is 2. The van der Waals surface area contributed by atoms with Crippen LogP contribution < -0.4 is 10.6 Å². The molecule has 0 heterocycles. The number of anilines is 1. The van der Waals surface area contributed by atoms with Crippen molar-refractivity contribution in [3.8, 4) is 0 Å². The van der Waals surface area contributed by atoms with E-state index in [2.05, 4.69) is 22.5 Å². The van der Waals surface area contributed by atoms with Crippen LogP contribution >= 0.6 is 0 Å². The van der Waals surface area contributed by atoms with Gasteiger partial charge in [-0.05, 0) is 45.6 Å². The first-order chi connectivity index (χ1) is 9.15. The summed E-state index contributed by atoms with van der Waals surface area (Å²) < 4.78 is 0. The third kappa shape index (κ3) is 5.75. The molecule has 0 fully saturated rings. The molecule has 1 aromatic carbocycles. The van der Waals surface area contributed by atoms with Gasteiger partial charge in [0.1, 0.15) is 0 Å². The lowest BCUT2D eigenvalue weighted by Crippen LogP contribution is -2.27. The van der Waals surface area contributed by atoms with Crippen molar-refractivity contribution in [2.24, 2.45) is 0 Å². The summed E-state index contributed by atoms with van der Waals surface area (Å²) in [4.78, 5) is 14.2. The van der Waals surface area contributed by atoms with Crippen LogP contribution in [0.1, 0.15) is 30.1 Å². The van der Waals surface area contributed by atoms with E-state index in [1.807, 2.05) is 38.4 Å². The van der Waals surface area contributed by atoms with Crippen molar-refractivity contribution in [1.29, 1.82) is 0 Å². The fraction of sp³-hybridized carbons (Fsp3) is 0.533. The quantitative estimate of drug-likeness (QED) is 0.707. The van der Waals surface area contributed by atoms with Crippen LogP contribution in [0.4, 0.5) is 5.69 Å². The number of nitrogens with zero attached hydrogens (tertiary/aromatic N) is 1. The number of benzene rings is 1. The molecule has 0 atom stereocenters. The maximum Gasteiger partial charge on any atom is 0.253 e. The molecule has 0 aliphatic rings. The van der Waals surface area contributed by atoms with E-state index >= 15 is 0 Å². The van der Waals surface area contributed by atoms with E-state index in [9.17, 15) is 4.79 Å². The summed E-state index contributed by atoms with van der Waals surface area (Å²) in [7, 11) is 4.07. The maximum atomic E-state index is 12.1. The Morgan fingerprint density at radius 2 is 1.95 bits per heavy atom. The second-order valence-corrected chi connectivity index (χ2v) is 4.89. The van der Waals surface area contributed by atoms with E-state index < -0.39 is 0 Å². The molecule has 19 heavy (non-hydrogen) atoms. The van der Waals surface area contributed by atoms with E-state index in [4.69, 9.17) is 0 Å². The normalized spacial score (nSPS) is 10.5. The van der Waals surface area contributed by atoms with Crippen LogP contribution in [0.5, 0.6) is 0 Å². The molecule has 0 spiro atoms. The number of carbonyl (C=O) groups excluding carboxylic acids is 1. The zero-order valence-electron chi connectivity index (χ0n) is 12.2. The molecule has 0 saturated carbocycles. The fourth-order valence-electron chi connectivity index (χ4n) is 1.79. The highest BCUT2D eigenvalue weighted by molar-refractivity contribution is 5.99. The van der Waals surface area contributed by atoms with Gasteiger partial charge in [0, 0.05) is 18.8 Å². The zero-order valence-corrected chi connectivity index (χ0v) is 12.2. The summed E-state index contributed by atoms with van der Waals surface area (Å²) in [6.45, 7) is 4.68. The van der Waals surface area contributed by atoms with Gasteiger partial charge in [0.15, 0.2) is 0 Å². The van der Waals surface area contributed by atoms with Gasteiger partial charge in [-0.25, -0.2) is 0 Å². The van der Waals surface area contributed by atoms with Crippen molar-refractivity contribution in [2.45, 2.75) is 19.8 Å². The van der Waals surface area contributed by atoms with Gasteiger partial charge in [-0.15, -0.1) is 0 Å². The molecule has 1 amide bonds. The van der Waals surface area contributed by atoms with Gasteiger partial charge in [0.2, 0.25) is 0 Å². The van der Waals surface area contributed by atoms with Gasteiger partial charge in [0.05, 0.1) is 5.56 Å². The summed E-state index contributed by atoms with van der Waals surface area (Å²) in [5.74, 6) is -0.00189. The molecular formula is C15H25N3O. The van der Waals surface area contributed by atoms with Gasteiger partial charge in [-0.1, -0.05) is 19.1 Å². The Balaban J connectivity index is 2.51. The van der Waals surface area contributed by atoms with E-state index in [-0.39, 0.29) is 5.91 Å². The van der Waals surface area contributed by atoms with Crippen LogP contribution in [-0.4, -0.2) is 44.5 Å². The summed E-state index contributed by atoms with van der Waals surface area (Å²) in [6, 6.07) is 7.65. The SMILES string of the molecule is CCCNc1ccccc1C(=O)NCCCN(C)C. The highest BCUT2D eigenvalue weighted by Gasteiger charge is 2.09. The minimum atomic E-state index is -0.00189. The average Bonchev–Trinajstić information content (AvgIpc) is 2.41. The Morgan fingerprint density at radius 3 is 2.63 bits per heavy atom. The van der Waals surface area contributed by atoms with Crippen molar-refractivity contribution in [3.63, 3.8) is 0 Å². The molecule has 106 valence electrons. The lowest BCUT2D eigenvalue weighted by Gasteiger charge is -2.12. The number of hydrogen-bond acceptors (Lipinski definition) is 3. The van der Waals surface area contributed by atoms with Crippen molar-refractivity contribution in [3.05, 3.63) is 29.8 Å². The highest BCUT2D eigenvalue weighted by Crippen LogP contribution is 2.14. The van der Waals surface area contributed by atoms with Crippen LogP contribution in [0, 0.1) is 0 Å². The Bertz CT molecular complexity index is 391. The fourth-order valence-corrected chi connectivity index (χ4v) is 1.79. The van der Waals surface area contributed by atoms with E-state index in [1.54, 1.807) is 0 Å². The average molecular weight is 263 g/mol. The van der Waals surface area contributed by atoms with Crippen LogP contribution in [0.3, 0.4) is 0 Å². The second kappa shape index (κ2) is 8.53. The number of amides is 1. The number of carbonyl (C=O) groups is 1. The van der Waals surface area contributed by atoms with Crippen LogP contribution in [0.2, 0.25) is 0 Å². The van der Waals surface area contributed by atoms with Gasteiger partial charge in [-0.2, -0.15) is 0 Å². The molecule has 0 aromatic heterocycles. The molecule has 1 rings (SSSR count). The summed E-state index contributed by atoms with van der Waals surface area (Å²) in [6.07, 6.45) is 2.00. The minimum absolute atomic E-state index is 0.00189. The molecule has 4 nitrogen and oxygen atoms in total. The lowest BCUT2D eigenvalue weighted by atomic mass is 10.1. The molecule has 0 radical (unpaired) electrons. The van der Waals surface area contributed by atoms with E-state index in [1.165, 1.54) is 0 Å². The highest BCUT2D eigenvalue weighted by atomic mass is 16.1. The number of nitrogens with one attached hydrogen (secondary N) is 2. The Morgan fingerprint density at radius 1 is 1.21 bits per heavy atom. The largest absolute Gasteiger partial charge is 0.384 e. The van der Waals surface area contributed by atoms with Crippen LogP contribution in [-0.2, 0) is 0 Å². The van der Waals surface area contributed by atoms with Crippen molar-refractivity contribution in [1.82, 2.24) is 10.2 Å². The molecule has 0 bridgehead atoms. The first kappa shape index (κ1) is 15.5. The number of rotatable bonds is 8. The Labute approximate surface area is 116 Å². The van der Waals surface area contributed by atoms with Gasteiger partial charge in [0.25, 0.3) is 5.91 Å². The Kier molecular flexibility index (Phi) is 6.97. The molecule has 0 saturated heterocycles. The Hall–Kier alpha value is -1.55. The molecule has 2 N–H and O–H groups in total. The predicted octanol–water partition coefficient (Wildman–Crippen LogP) is 2.19. The summed E-state index contributed by atoms with van der Waals surface area (Å²) in [5.41, 5.74) is 1.63. The molecule has 0 unspecified atom stereocenters. The minimum Gasteiger partial charge on any atom is -0.384 e. The van der Waals surface area contributed by atoms with Crippen molar-refractivity contribution < 1.29 is 4.79 Å². The van der Waals surface area contributed by atoms with Crippen molar-refractivity contribution in [2.75, 3.05) is 39.0 Å². The predicted molar refractivity (Wildman–Crippen MR) is 80.7 cm³/mol. The molecule has 1 aromatic rings.